The van der Waals surface area contributed by atoms with Crippen molar-refractivity contribution in [3.8, 4) is 11.5 Å². The zero-order valence-electron chi connectivity index (χ0n) is 14.1. The van der Waals surface area contributed by atoms with Crippen LogP contribution in [-0.2, 0) is 0 Å². The average molecular weight is 469 g/mol. The molecule has 132 valence electrons. The van der Waals surface area contributed by atoms with E-state index < -0.39 is 0 Å². The van der Waals surface area contributed by atoms with Gasteiger partial charge in [0.25, 0.3) is 0 Å². The Morgan fingerprint density at radius 1 is 1.44 bits per heavy atom. The molecule has 2 aromatic rings. The molecule has 0 aliphatic carbocycles. The maximum atomic E-state index is 5.59. The van der Waals surface area contributed by atoms with E-state index in [2.05, 4.69) is 68.0 Å². The van der Waals surface area contributed by atoms with Crippen LogP contribution in [-0.4, -0.2) is 34.6 Å². The summed E-state index contributed by atoms with van der Waals surface area (Å²) in [4.78, 5) is 12.2. The summed E-state index contributed by atoms with van der Waals surface area (Å²) in [5.41, 5.74) is 1.08. The van der Waals surface area contributed by atoms with Gasteiger partial charge >= 0.3 is 0 Å². The van der Waals surface area contributed by atoms with Gasteiger partial charge in [-0.2, -0.15) is 0 Å². The Kier molecular flexibility index (Phi) is 4.92. The number of hydrogen-bond acceptors (Lipinski definition) is 7. The zero-order valence-corrected chi connectivity index (χ0v) is 17.1. The molecule has 0 fully saturated rings. The van der Waals surface area contributed by atoms with Gasteiger partial charge in [-0.1, -0.05) is 25.6 Å². The lowest BCUT2D eigenvalue weighted by molar-refractivity contribution is 0.566. The second kappa shape index (κ2) is 7.16. The molecule has 2 aliphatic heterocycles. The molecule has 2 N–H and O–H groups in total. The van der Waals surface area contributed by atoms with E-state index in [-0.39, 0.29) is 5.50 Å². The van der Waals surface area contributed by atoms with Gasteiger partial charge in [-0.05, 0) is 47.7 Å². The Labute approximate surface area is 165 Å². The van der Waals surface area contributed by atoms with Crippen molar-refractivity contribution in [1.29, 1.82) is 0 Å². The number of nitrogens with one attached hydrogen (secondary N) is 2. The van der Waals surface area contributed by atoms with Gasteiger partial charge in [-0.3, -0.25) is 0 Å². The van der Waals surface area contributed by atoms with Crippen LogP contribution in [0, 0.1) is 3.57 Å². The molecule has 1 aromatic carbocycles. The highest BCUT2D eigenvalue weighted by molar-refractivity contribution is 14.1. The van der Waals surface area contributed by atoms with Gasteiger partial charge < -0.3 is 20.3 Å². The maximum Gasteiger partial charge on any atom is 0.184 e. The van der Waals surface area contributed by atoms with Gasteiger partial charge in [0.15, 0.2) is 22.8 Å². The molecule has 1 atom stereocenters. The Morgan fingerprint density at radius 3 is 3.16 bits per heavy atom. The summed E-state index contributed by atoms with van der Waals surface area (Å²) >= 11 is 4.15. The lowest BCUT2D eigenvalue weighted by Crippen LogP contribution is -2.36. The molecule has 0 bridgehead atoms. The second-order valence-electron chi connectivity index (χ2n) is 6.34. The fourth-order valence-electron chi connectivity index (χ4n) is 2.84. The summed E-state index contributed by atoms with van der Waals surface area (Å²) in [6.07, 6.45) is 4.52. The van der Waals surface area contributed by atoms with Gasteiger partial charge in [0.1, 0.15) is 6.33 Å². The summed E-state index contributed by atoms with van der Waals surface area (Å²) in [5, 5.41) is 7.02. The molecule has 0 saturated heterocycles. The first-order chi connectivity index (χ1) is 12.1. The number of ether oxygens (including phenoxy) is 1. The summed E-state index contributed by atoms with van der Waals surface area (Å²) in [7, 11) is 0. The SMILES string of the molecule is CC(C)NCCCN1c2ncncc2NC1Sc1c(I)ccc2c1O2. The van der Waals surface area contributed by atoms with Crippen molar-refractivity contribution >= 4 is 45.9 Å². The van der Waals surface area contributed by atoms with E-state index in [4.69, 9.17) is 4.74 Å². The van der Waals surface area contributed by atoms with Gasteiger partial charge in [0, 0.05) is 16.2 Å². The van der Waals surface area contributed by atoms with Crippen LogP contribution in [0.25, 0.3) is 0 Å². The summed E-state index contributed by atoms with van der Waals surface area (Å²) in [5.74, 6) is 2.98. The van der Waals surface area contributed by atoms with Crippen LogP contribution in [0.15, 0.2) is 29.6 Å². The highest BCUT2D eigenvalue weighted by atomic mass is 127. The van der Waals surface area contributed by atoms with Crippen molar-refractivity contribution in [1.82, 2.24) is 15.3 Å². The average Bonchev–Trinajstić information content (AvgIpc) is 3.30. The molecule has 0 saturated carbocycles. The molecular weight excluding hydrogens is 449 g/mol. The van der Waals surface area contributed by atoms with E-state index in [9.17, 15) is 0 Å². The molecular formula is C17H20IN5OS. The third-order valence-corrected chi connectivity index (χ3v) is 6.58. The van der Waals surface area contributed by atoms with E-state index in [1.165, 1.54) is 8.47 Å². The van der Waals surface area contributed by atoms with Crippen LogP contribution < -0.4 is 20.3 Å². The van der Waals surface area contributed by atoms with Crippen molar-refractivity contribution in [2.24, 2.45) is 0 Å². The number of hydrogen-bond donors (Lipinski definition) is 2. The summed E-state index contributed by atoms with van der Waals surface area (Å²) in [6.45, 7) is 6.27. The summed E-state index contributed by atoms with van der Waals surface area (Å²) < 4.78 is 6.80. The lowest BCUT2D eigenvalue weighted by Gasteiger charge is -2.25. The zero-order chi connectivity index (χ0) is 17.4. The molecule has 0 spiro atoms. The van der Waals surface area contributed by atoms with Gasteiger partial charge in [0.05, 0.1) is 16.8 Å². The van der Waals surface area contributed by atoms with Crippen LogP contribution in [0.2, 0.25) is 0 Å². The van der Waals surface area contributed by atoms with Gasteiger partial charge in [-0.15, -0.1) is 0 Å². The normalized spacial score (nSPS) is 17.1. The number of nitrogens with zero attached hydrogens (tertiary/aromatic N) is 3. The molecule has 8 heteroatoms. The highest BCUT2D eigenvalue weighted by Gasteiger charge is 2.35. The van der Waals surface area contributed by atoms with Crippen molar-refractivity contribution in [2.45, 2.75) is 36.7 Å². The van der Waals surface area contributed by atoms with Crippen LogP contribution in [0.4, 0.5) is 11.5 Å². The number of rotatable bonds is 7. The number of halogens is 1. The van der Waals surface area contributed by atoms with Crippen molar-refractivity contribution in [3.63, 3.8) is 0 Å². The highest BCUT2D eigenvalue weighted by Crippen LogP contribution is 2.55. The smallest absolute Gasteiger partial charge is 0.184 e. The van der Waals surface area contributed by atoms with Crippen LogP contribution >= 0.6 is 34.4 Å². The Balaban J connectivity index is 1.50. The third-order valence-electron chi connectivity index (χ3n) is 4.08. The quantitative estimate of drug-likeness (QED) is 0.309. The van der Waals surface area contributed by atoms with Gasteiger partial charge in [-0.25, -0.2) is 9.97 Å². The molecule has 0 radical (unpaired) electrons. The van der Waals surface area contributed by atoms with Crippen LogP contribution in [0.5, 0.6) is 11.5 Å². The predicted octanol–water partition coefficient (Wildman–Crippen LogP) is 3.88. The number of anilines is 2. The van der Waals surface area contributed by atoms with E-state index in [0.717, 1.165) is 42.5 Å². The van der Waals surface area contributed by atoms with Crippen molar-refractivity contribution in [3.05, 3.63) is 28.2 Å². The molecule has 0 amide bonds. The molecule has 1 unspecified atom stereocenters. The standard InChI is InChI=1S/C17H20IN5OS/c1-10(2)20-6-3-7-23-16-12(8-19-9-21-16)22-17(23)25-15-11(18)4-5-13-14(15)24-13/h4-5,8-10,17,20,22H,3,6-7H2,1-2H3. The summed E-state index contributed by atoms with van der Waals surface area (Å²) in [6, 6.07) is 4.64. The minimum Gasteiger partial charge on any atom is -0.448 e. The lowest BCUT2D eigenvalue weighted by atomic mass is 10.3. The minimum absolute atomic E-state index is 0.0926. The van der Waals surface area contributed by atoms with E-state index >= 15 is 0 Å². The maximum absolute atomic E-state index is 5.59. The second-order valence-corrected chi connectivity index (χ2v) is 8.59. The molecule has 6 nitrogen and oxygen atoms in total. The molecule has 2 aliphatic rings. The predicted molar refractivity (Wildman–Crippen MR) is 110 cm³/mol. The number of fused-ring (bicyclic) bond motifs is 2. The van der Waals surface area contributed by atoms with Crippen LogP contribution in [0.1, 0.15) is 20.3 Å². The van der Waals surface area contributed by atoms with Crippen LogP contribution in [0.3, 0.4) is 0 Å². The fraction of sp³-hybridized carbons (Fsp3) is 0.412. The third kappa shape index (κ3) is 3.65. The van der Waals surface area contributed by atoms with E-state index in [1.54, 1.807) is 18.1 Å². The van der Waals surface area contributed by atoms with E-state index in [1.807, 2.05) is 12.3 Å². The number of thioether (sulfide) groups is 1. The first-order valence-corrected chi connectivity index (χ1v) is 10.3. The molecule has 3 heterocycles. The first kappa shape index (κ1) is 17.2. The minimum atomic E-state index is 0.0926. The monoisotopic (exact) mass is 469 g/mol. The van der Waals surface area contributed by atoms with Crippen molar-refractivity contribution < 1.29 is 4.74 Å². The number of aromatic nitrogens is 2. The largest absolute Gasteiger partial charge is 0.448 e. The Hall–Kier alpha value is -1.26. The Morgan fingerprint density at radius 2 is 2.32 bits per heavy atom. The van der Waals surface area contributed by atoms with E-state index in [0.29, 0.717) is 6.04 Å². The molecule has 25 heavy (non-hydrogen) atoms. The topological polar surface area (TPSA) is 65.6 Å². The Bertz CT molecular complexity index is 784. The fourth-order valence-corrected chi connectivity index (χ4v) is 4.82. The van der Waals surface area contributed by atoms with Crippen molar-refractivity contribution in [2.75, 3.05) is 23.3 Å². The number of benzene rings is 1. The molecule has 4 rings (SSSR count). The van der Waals surface area contributed by atoms with Gasteiger partial charge in [0.2, 0.25) is 0 Å². The first-order valence-electron chi connectivity index (χ1n) is 8.37. The molecule has 1 aromatic heterocycles.